The van der Waals surface area contributed by atoms with Crippen LogP contribution in [0.4, 0.5) is 5.82 Å². The van der Waals surface area contributed by atoms with E-state index in [1.165, 1.54) is 0 Å². The minimum atomic E-state index is -0.290. The van der Waals surface area contributed by atoms with E-state index in [9.17, 15) is 9.59 Å². The van der Waals surface area contributed by atoms with E-state index in [2.05, 4.69) is 20.6 Å². The summed E-state index contributed by atoms with van der Waals surface area (Å²) in [5.74, 6) is 0.500. The molecule has 0 radical (unpaired) electrons. The number of carbonyl (C=O) groups excluding carboxylic acids is 1. The van der Waals surface area contributed by atoms with Crippen LogP contribution in [0.15, 0.2) is 41.3 Å². The van der Waals surface area contributed by atoms with Crippen molar-refractivity contribution in [3.8, 4) is 0 Å². The summed E-state index contributed by atoms with van der Waals surface area (Å²) in [6, 6.07) is 8.56. The summed E-state index contributed by atoms with van der Waals surface area (Å²) in [7, 11) is 0. The number of nitrogens with one attached hydrogen (secondary N) is 3. The molecular weight excluding hydrogens is 340 g/mol. The molecule has 6 nitrogen and oxygen atoms in total. The lowest BCUT2D eigenvalue weighted by Gasteiger charge is -2.16. The zero-order valence-corrected chi connectivity index (χ0v) is 14.1. The van der Waals surface area contributed by atoms with Gasteiger partial charge in [0.25, 0.3) is 11.5 Å². The Labute approximate surface area is 148 Å². The van der Waals surface area contributed by atoms with E-state index >= 15 is 0 Å². The van der Waals surface area contributed by atoms with Crippen molar-refractivity contribution in [3.63, 3.8) is 0 Å². The third-order valence-electron chi connectivity index (χ3n) is 4.38. The van der Waals surface area contributed by atoms with Crippen molar-refractivity contribution in [2.24, 2.45) is 0 Å². The number of hydrogen-bond donors (Lipinski definition) is 3. The fourth-order valence-electron chi connectivity index (χ4n) is 3.07. The summed E-state index contributed by atoms with van der Waals surface area (Å²) in [6.45, 7) is 2.31. The van der Waals surface area contributed by atoms with Crippen LogP contribution in [0.25, 0.3) is 10.9 Å². The van der Waals surface area contributed by atoms with E-state index < -0.39 is 0 Å². The van der Waals surface area contributed by atoms with E-state index in [1.54, 1.807) is 24.4 Å². The molecule has 1 atom stereocenters. The van der Waals surface area contributed by atoms with Crippen molar-refractivity contribution in [2.45, 2.75) is 19.5 Å². The number of halogens is 1. The van der Waals surface area contributed by atoms with Gasteiger partial charge in [0.05, 0.1) is 6.04 Å². The second-order valence-corrected chi connectivity index (χ2v) is 6.46. The lowest BCUT2D eigenvalue weighted by Crippen LogP contribution is -2.20. The van der Waals surface area contributed by atoms with Gasteiger partial charge in [-0.25, -0.2) is 4.98 Å². The molecule has 0 unspecified atom stereocenters. The van der Waals surface area contributed by atoms with Crippen LogP contribution in [-0.2, 0) is 6.54 Å². The zero-order valence-electron chi connectivity index (χ0n) is 13.4. The van der Waals surface area contributed by atoms with Crippen LogP contribution in [-0.4, -0.2) is 15.9 Å². The molecule has 0 saturated heterocycles. The fraction of sp³-hybridized carbons (Fsp3) is 0.167. The fourth-order valence-corrected chi connectivity index (χ4v) is 3.25. The molecular formula is C18H15ClN4O2. The number of carbonyl (C=O) groups is 1. The summed E-state index contributed by atoms with van der Waals surface area (Å²) < 4.78 is 0. The second kappa shape index (κ2) is 5.89. The first kappa shape index (κ1) is 15.7. The largest absolute Gasteiger partial charge is 0.363 e. The molecule has 3 heterocycles. The molecule has 0 fully saturated rings. The first-order valence-corrected chi connectivity index (χ1v) is 8.26. The third-order valence-corrected chi connectivity index (χ3v) is 4.62. The van der Waals surface area contributed by atoms with Gasteiger partial charge in [-0.15, -0.1) is 0 Å². The van der Waals surface area contributed by atoms with Gasteiger partial charge in [0.1, 0.15) is 5.82 Å². The lowest BCUT2D eigenvalue weighted by atomic mass is 10.1. The summed E-state index contributed by atoms with van der Waals surface area (Å²) in [5.41, 5.74) is 2.57. The van der Waals surface area contributed by atoms with Crippen molar-refractivity contribution < 1.29 is 4.79 Å². The Morgan fingerprint density at radius 1 is 1.24 bits per heavy atom. The van der Waals surface area contributed by atoms with Crippen molar-refractivity contribution in [3.05, 3.63) is 68.6 Å². The maximum Gasteiger partial charge on any atom is 0.253 e. The van der Waals surface area contributed by atoms with Gasteiger partial charge in [0.2, 0.25) is 0 Å². The lowest BCUT2D eigenvalue weighted by molar-refractivity contribution is 0.0965. The van der Waals surface area contributed by atoms with Crippen molar-refractivity contribution >= 4 is 34.2 Å². The molecule has 3 aromatic rings. The monoisotopic (exact) mass is 354 g/mol. The summed E-state index contributed by atoms with van der Waals surface area (Å²) in [4.78, 5) is 31.4. The van der Waals surface area contributed by atoms with Crippen molar-refractivity contribution in [1.29, 1.82) is 0 Å². The maximum atomic E-state index is 12.4. The maximum absolute atomic E-state index is 12.4. The van der Waals surface area contributed by atoms with Gasteiger partial charge in [0.15, 0.2) is 0 Å². The number of nitrogens with zero attached hydrogens (tertiary/aromatic N) is 1. The Hall–Kier alpha value is -2.86. The molecule has 0 spiro atoms. The van der Waals surface area contributed by atoms with E-state index in [-0.39, 0.29) is 17.5 Å². The van der Waals surface area contributed by atoms with Gasteiger partial charge in [-0.1, -0.05) is 11.6 Å². The molecule has 25 heavy (non-hydrogen) atoms. The smallest absolute Gasteiger partial charge is 0.253 e. The Kier molecular flexibility index (Phi) is 3.69. The Morgan fingerprint density at radius 3 is 2.92 bits per heavy atom. The number of amides is 1. The molecule has 126 valence electrons. The van der Waals surface area contributed by atoms with E-state index in [4.69, 9.17) is 11.6 Å². The number of aromatic nitrogens is 2. The SMILES string of the molecule is C[C@H](Nc1nccc2c1CNC2=O)c1cc2cc(Cl)ccc2[nH]c1=O. The Morgan fingerprint density at radius 2 is 2.08 bits per heavy atom. The Balaban J connectivity index is 1.71. The van der Waals surface area contributed by atoms with Gasteiger partial charge in [-0.3, -0.25) is 9.59 Å². The minimum absolute atomic E-state index is 0.105. The highest BCUT2D eigenvalue weighted by Gasteiger charge is 2.23. The van der Waals surface area contributed by atoms with Crippen LogP contribution >= 0.6 is 11.6 Å². The average molecular weight is 355 g/mol. The molecule has 0 saturated carbocycles. The highest BCUT2D eigenvalue weighted by Crippen LogP contribution is 2.26. The average Bonchev–Trinajstić information content (AvgIpc) is 2.97. The molecule has 1 aliphatic heterocycles. The van der Waals surface area contributed by atoms with E-state index in [1.807, 2.05) is 19.1 Å². The van der Waals surface area contributed by atoms with E-state index in [0.29, 0.717) is 28.5 Å². The molecule has 4 rings (SSSR count). The highest BCUT2D eigenvalue weighted by atomic mass is 35.5. The summed E-state index contributed by atoms with van der Waals surface area (Å²) >= 11 is 6.04. The van der Waals surface area contributed by atoms with Crippen LogP contribution in [0.2, 0.25) is 5.02 Å². The summed E-state index contributed by atoms with van der Waals surface area (Å²) in [5, 5.41) is 7.49. The predicted molar refractivity (Wildman–Crippen MR) is 97.0 cm³/mol. The molecule has 2 aromatic heterocycles. The molecule has 1 aromatic carbocycles. The van der Waals surface area contributed by atoms with Crippen LogP contribution in [0, 0.1) is 0 Å². The van der Waals surface area contributed by atoms with Gasteiger partial charge in [-0.2, -0.15) is 0 Å². The van der Waals surface area contributed by atoms with Crippen LogP contribution in [0.5, 0.6) is 0 Å². The number of fused-ring (bicyclic) bond motifs is 2. The molecule has 0 aliphatic carbocycles. The number of pyridine rings is 2. The normalized spacial score (nSPS) is 14.2. The van der Waals surface area contributed by atoms with Crippen molar-refractivity contribution in [1.82, 2.24) is 15.3 Å². The van der Waals surface area contributed by atoms with Gasteiger partial charge in [-0.05, 0) is 37.3 Å². The standard InChI is InChI=1S/C18H15ClN4O2/c1-9(22-16-14-8-21-17(24)12(14)4-5-20-16)13-7-10-6-11(19)2-3-15(10)23-18(13)25/h2-7,9H,8H2,1H3,(H,20,22)(H,21,24)(H,23,25)/t9-/m0/s1. The molecule has 1 aliphatic rings. The molecule has 1 amide bonds. The molecule has 3 N–H and O–H groups in total. The van der Waals surface area contributed by atoms with Crippen molar-refractivity contribution in [2.75, 3.05) is 5.32 Å². The van der Waals surface area contributed by atoms with Gasteiger partial charge < -0.3 is 15.6 Å². The third kappa shape index (κ3) is 2.74. The summed E-state index contributed by atoms with van der Waals surface area (Å²) in [6.07, 6.45) is 1.59. The zero-order chi connectivity index (χ0) is 17.6. The first-order chi connectivity index (χ1) is 12.0. The second-order valence-electron chi connectivity index (χ2n) is 6.02. The van der Waals surface area contributed by atoms with Crippen LogP contribution < -0.4 is 16.2 Å². The number of anilines is 1. The topological polar surface area (TPSA) is 86.9 Å². The van der Waals surface area contributed by atoms with E-state index in [0.717, 1.165) is 16.5 Å². The number of aromatic amines is 1. The quantitative estimate of drug-likeness (QED) is 0.674. The Bertz CT molecular complexity index is 1060. The number of H-pyrrole nitrogens is 1. The van der Waals surface area contributed by atoms with Gasteiger partial charge in [0, 0.05) is 45.4 Å². The molecule has 7 heteroatoms. The van der Waals surface area contributed by atoms with Crippen LogP contribution in [0.3, 0.4) is 0 Å². The first-order valence-electron chi connectivity index (χ1n) is 7.88. The predicted octanol–water partition coefficient (Wildman–Crippen LogP) is 2.99. The minimum Gasteiger partial charge on any atom is -0.363 e. The van der Waals surface area contributed by atoms with Gasteiger partial charge >= 0.3 is 0 Å². The number of benzene rings is 1. The number of rotatable bonds is 3. The highest BCUT2D eigenvalue weighted by molar-refractivity contribution is 6.31. The number of hydrogen-bond acceptors (Lipinski definition) is 4. The van der Waals surface area contributed by atoms with Crippen LogP contribution in [0.1, 0.15) is 34.5 Å². The molecule has 0 bridgehead atoms.